The summed E-state index contributed by atoms with van der Waals surface area (Å²) >= 11 is 0. The molecule has 0 aromatic rings. The highest BCUT2D eigenvalue weighted by Gasteiger charge is 2.25. The highest BCUT2D eigenvalue weighted by atomic mass is 32.2. The Kier molecular flexibility index (Phi) is 4.15. The predicted octanol–water partition coefficient (Wildman–Crippen LogP) is 0.922. The SMILES string of the molecule is CCCCCS(=O)(=O)OCC1CO1. The quantitative estimate of drug-likeness (QED) is 0.355. The van der Waals surface area contributed by atoms with Crippen LogP contribution in [0.15, 0.2) is 0 Å². The summed E-state index contributed by atoms with van der Waals surface area (Å²) in [4.78, 5) is 0. The Bertz CT molecular complexity index is 231. The molecule has 1 atom stereocenters. The third-order valence-electron chi connectivity index (χ3n) is 1.83. The molecule has 0 aromatic carbocycles. The molecule has 1 rings (SSSR count). The Morgan fingerprint density at radius 3 is 2.69 bits per heavy atom. The number of unbranched alkanes of at least 4 members (excludes halogenated alkanes) is 2. The lowest BCUT2D eigenvalue weighted by Crippen LogP contribution is -2.14. The van der Waals surface area contributed by atoms with E-state index in [0.717, 1.165) is 12.8 Å². The van der Waals surface area contributed by atoms with Crippen molar-refractivity contribution in [1.82, 2.24) is 0 Å². The highest BCUT2D eigenvalue weighted by molar-refractivity contribution is 7.86. The summed E-state index contributed by atoms with van der Waals surface area (Å²) in [5, 5.41) is 0. The van der Waals surface area contributed by atoms with Gasteiger partial charge in [-0.25, -0.2) is 0 Å². The van der Waals surface area contributed by atoms with E-state index in [2.05, 4.69) is 0 Å². The Morgan fingerprint density at radius 1 is 1.46 bits per heavy atom. The molecule has 4 nitrogen and oxygen atoms in total. The second kappa shape index (κ2) is 4.93. The van der Waals surface area contributed by atoms with Crippen LogP contribution in [0.2, 0.25) is 0 Å². The lowest BCUT2D eigenvalue weighted by Gasteiger charge is -2.02. The van der Waals surface area contributed by atoms with Crippen molar-refractivity contribution in [2.75, 3.05) is 19.0 Å². The van der Waals surface area contributed by atoms with Gasteiger partial charge < -0.3 is 4.74 Å². The minimum Gasteiger partial charge on any atom is -0.371 e. The molecule has 0 aromatic heterocycles. The third kappa shape index (κ3) is 5.23. The van der Waals surface area contributed by atoms with E-state index in [1.54, 1.807) is 0 Å². The van der Waals surface area contributed by atoms with Crippen molar-refractivity contribution in [3.63, 3.8) is 0 Å². The number of hydrogen-bond acceptors (Lipinski definition) is 4. The Hall–Kier alpha value is -0.130. The van der Waals surface area contributed by atoms with Crippen molar-refractivity contribution in [3.05, 3.63) is 0 Å². The van der Waals surface area contributed by atoms with Crippen LogP contribution >= 0.6 is 0 Å². The fraction of sp³-hybridized carbons (Fsp3) is 1.00. The van der Waals surface area contributed by atoms with Crippen LogP contribution in [-0.4, -0.2) is 33.5 Å². The van der Waals surface area contributed by atoms with E-state index in [9.17, 15) is 8.42 Å². The largest absolute Gasteiger partial charge is 0.371 e. The standard InChI is InChI=1S/C8H16O4S/c1-2-3-4-5-13(9,10)12-7-8-6-11-8/h8H,2-7H2,1H3. The zero-order valence-corrected chi connectivity index (χ0v) is 8.68. The molecule has 0 aliphatic carbocycles. The summed E-state index contributed by atoms with van der Waals surface area (Å²) in [5.74, 6) is 0.132. The molecule has 13 heavy (non-hydrogen) atoms. The molecule has 1 saturated heterocycles. The van der Waals surface area contributed by atoms with Gasteiger partial charge in [0.05, 0.1) is 19.0 Å². The Balaban J connectivity index is 2.11. The van der Waals surface area contributed by atoms with E-state index in [4.69, 9.17) is 8.92 Å². The van der Waals surface area contributed by atoms with Crippen LogP contribution in [0.5, 0.6) is 0 Å². The van der Waals surface area contributed by atoms with Crippen LogP contribution in [0.1, 0.15) is 26.2 Å². The van der Waals surface area contributed by atoms with Gasteiger partial charge in [-0.3, -0.25) is 4.18 Å². The molecule has 1 fully saturated rings. The first-order valence-corrected chi connectivity index (χ1v) is 6.20. The van der Waals surface area contributed by atoms with Crippen LogP contribution in [0.25, 0.3) is 0 Å². The minimum absolute atomic E-state index is 0.0148. The molecule has 1 heterocycles. The lowest BCUT2D eigenvalue weighted by atomic mass is 10.3. The van der Waals surface area contributed by atoms with Gasteiger partial charge in [-0.15, -0.1) is 0 Å². The van der Waals surface area contributed by atoms with Gasteiger partial charge in [0.15, 0.2) is 0 Å². The normalized spacial score (nSPS) is 21.8. The van der Waals surface area contributed by atoms with Crippen LogP contribution in [-0.2, 0) is 19.0 Å². The molecule has 5 heteroatoms. The summed E-state index contributed by atoms with van der Waals surface area (Å²) in [5.41, 5.74) is 0. The first-order valence-electron chi connectivity index (χ1n) is 4.63. The van der Waals surface area contributed by atoms with E-state index >= 15 is 0 Å². The zero-order valence-electron chi connectivity index (χ0n) is 7.86. The molecule has 1 unspecified atom stereocenters. The molecule has 0 radical (unpaired) electrons. The maximum absolute atomic E-state index is 11.2. The molecule has 1 aliphatic heterocycles. The highest BCUT2D eigenvalue weighted by Crippen LogP contribution is 2.11. The molecule has 0 saturated carbocycles. The average molecular weight is 208 g/mol. The molecule has 78 valence electrons. The van der Waals surface area contributed by atoms with Crippen LogP contribution in [0.4, 0.5) is 0 Å². The molecule has 0 spiro atoms. The second-order valence-electron chi connectivity index (χ2n) is 3.21. The first-order chi connectivity index (χ1) is 6.14. The van der Waals surface area contributed by atoms with Gasteiger partial charge >= 0.3 is 0 Å². The molecular formula is C8H16O4S. The average Bonchev–Trinajstić information content (AvgIpc) is 2.84. The van der Waals surface area contributed by atoms with Gasteiger partial charge in [0.1, 0.15) is 6.10 Å². The van der Waals surface area contributed by atoms with Gasteiger partial charge in [0.25, 0.3) is 10.1 Å². The van der Waals surface area contributed by atoms with E-state index < -0.39 is 10.1 Å². The van der Waals surface area contributed by atoms with Crippen molar-refractivity contribution < 1.29 is 17.3 Å². The molecule has 0 N–H and O–H groups in total. The summed E-state index contributed by atoms with van der Waals surface area (Å²) in [6.07, 6.45) is 2.65. The predicted molar refractivity (Wildman–Crippen MR) is 49.0 cm³/mol. The second-order valence-corrected chi connectivity index (χ2v) is 4.97. The monoisotopic (exact) mass is 208 g/mol. The number of rotatable bonds is 7. The van der Waals surface area contributed by atoms with Crippen LogP contribution < -0.4 is 0 Å². The summed E-state index contributed by atoms with van der Waals surface area (Å²) in [7, 11) is -3.29. The van der Waals surface area contributed by atoms with Crippen LogP contribution in [0.3, 0.4) is 0 Å². The number of ether oxygens (including phenoxy) is 1. The van der Waals surface area contributed by atoms with Gasteiger partial charge in [-0.1, -0.05) is 19.8 Å². The van der Waals surface area contributed by atoms with Gasteiger partial charge in [0, 0.05) is 0 Å². The van der Waals surface area contributed by atoms with Gasteiger partial charge in [0.2, 0.25) is 0 Å². The van der Waals surface area contributed by atoms with Crippen molar-refractivity contribution in [2.45, 2.75) is 32.3 Å². The number of epoxide rings is 1. The molecular weight excluding hydrogens is 192 g/mol. The van der Waals surface area contributed by atoms with Crippen molar-refractivity contribution in [1.29, 1.82) is 0 Å². The summed E-state index contributed by atoms with van der Waals surface area (Å²) in [6, 6.07) is 0. The van der Waals surface area contributed by atoms with Crippen LogP contribution in [0, 0.1) is 0 Å². The van der Waals surface area contributed by atoms with Crippen molar-refractivity contribution in [2.24, 2.45) is 0 Å². The molecule has 0 amide bonds. The molecule has 1 aliphatic rings. The van der Waals surface area contributed by atoms with E-state index in [0.29, 0.717) is 13.0 Å². The Morgan fingerprint density at radius 2 is 2.15 bits per heavy atom. The number of hydrogen-bond donors (Lipinski definition) is 0. The topological polar surface area (TPSA) is 55.9 Å². The van der Waals surface area contributed by atoms with Crippen molar-refractivity contribution in [3.8, 4) is 0 Å². The fourth-order valence-electron chi connectivity index (χ4n) is 0.932. The maximum Gasteiger partial charge on any atom is 0.267 e. The van der Waals surface area contributed by atoms with E-state index in [1.807, 2.05) is 6.92 Å². The fourth-order valence-corrected chi connectivity index (χ4v) is 1.97. The maximum atomic E-state index is 11.2. The summed E-state index contributed by atoms with van der Waals surface area (Å²) < 4.78 is 31.9. The lowest BCUT2D eigenvalue weighted by molar-refractivity contribution is 0.266. The minimum atomic E-state index is -3.29. The van der Waals surface area contributed by atoms with Gasteiger partial charge in [-0.2, -0.15) is 8.42 Å². The van der Waals surface area contributed by atoms with Crippen molar-refractivity contribution >= 4 is 10.1 Å². The smallest absolute Gasteiger partial charge is 0.267 e. The third-order valence-corrected chi connectivity index (χ3v) is 3.12. The summed E-state index contributed by atoms with van der Waals surface area (Å²) in [6.45, 7) is 2.85. The zero-order chi connectivity index (χ0) is 9.73. The van der Waals surface area contributed by atoms with E-state index in [-0.39, 0.29) is 18.5 Å². The van der Waals surface area contributed by atoms with E-state index in [1.165, 1.54) is 0 Å². The molecule has 0 bridgehead atoms. The first kappa shape index (κ1) is 10.9. The van der Waals surface area contributed by atoms with Gasteiger partial charge in [-0.05, 0) is 6.42 Å². The Labute approximate surface area is 79.3 Å².